The lowest BCUT2D eigenvalue weighted by Gasteiger charge is -2.20. The zero-order valence-electron chi connectivity index (χ0n) is 17.7. The molecule has 1 aliphatic rings. The van der Waals surface area contributed by atoms with E-state index in [1.165, 1.54) is 103 Å². The molecular weight excluding hydrogens is 318 g/mol. The number of carbonyl (C=O) groups is 1. The molecule has 0 atom stereocenters. The zero-order valence-corrected chi connectivity index (χ0v) is 17.7. The number of nitrogens with zero attached hydrogens (tertiary/aromatic N) is 1. The van der Waals surface area contributed by atoms with Gasteiger partial charge in [-0.05, 0) is 44.9 Å². The van der Waals surface area contributed by atoms with E-state index in [1.807, 2.05) is 0 Å². The molecule has 2 heteroatoms. The topological polar surface area (TPSA) is 20.3 Å². The number of carbonyl (C=O) groups excluding carboxylic acids is 1. The smallest absolute Gasteiger partial charge is 0.222 e. The van der Waals surface area contributed by atoms with Crippen molar-refractivity contribution in [3.05, 3.63) is 12.2 Å². The predicted octanol–water partition coefficient (Wildman–Crippen LogP) is 7.43. The summed E-state index contributed by atoms with van der Waals surface area (Å²) in [4.78, 5) is 14.3. The molecular formula is C24H45NO. The van der Waals surface area contributed by atoms with Gasteiger partial charge in [0.15, 0.2) is 0 Å². The highest BCUT2D eigenvalue weighted by Gasteiger charge is 2.14. The molecule has 0 spiro atoms. The van der Waals surface area contributed by atoms with Gasteiger partial charge in [-0.15, -0.1) is 0 Å². The zero-order chi connectivity index (χ0) is 18.7. The van der Waals surface area contributed by atoms with E-state index in [4.69, 9.17) is 0 Å². The summed E-state index contributed by atoms with van der Waals surface area (Å²) in [5, 5.41) is 0. The van der Waals surface area contributed by atoms with Crippen LogP contribution in [0, 0.1) is 0 Å². The molecule has 1 heterocycles. The molecule has 0 aliphatic carbocycles. The second-order valence-electron chi connectivity index (χ2n) is 8.13. The maximum Gasteiger partial charge on any atom is 0.222 e. The fourth-order valence-electron chi connectivity index (χ4n) is 3.83. The molecule has 0 unspecified atom stereocenters. The lowest BCUT2D eigenvalue weighted by atomic mass is 10.1. The van der Waals surface area contributed by atoms with Gasteiger partial charge in [0.1, 0.15) is 0 Å². The van der Waals surface area contributed by atoms with E-state index in [0.29, 0.717) is 5.91 Å². The van der Waals surface area contributed by atoms with Gasteiger partial charge in [-0.1, -0.05) is 83.3 Å². The van der Waals surface area contributed by atoms with Crippen LogP contribution >= 0.6 is 0 Å². The van der Waals surface area contributed by atoms with Gasteiger partial charge in [0.25, 0.3) is 0 Å². The normalized spacial score (nSPS) is 15.5. The SMILES string of the molecule is CCCCCCCC/C=C\CCCCCCCC(=O)N1CCCCCC1. The van der Waals surface area contributed by atoms with E-state index in [1.54, 1.807) is 0 Å². The molecule has 0 aromatic rings. The number of hydrogen-bond donors (Lipinski definition) is 0. The largest absolute Gasteiger partial charge is 0.343 e. The first-order valence-electron chi connectivity index (χ1n) is 11.8. The Bertz CT molecular complexity index is 342. The number of likely N-dealkylation sites (tertiary alicyclic amines) is 1. The molecule has 1 aliphatic heterocycles. The maximum atomic E-state index is 12.2. The monoisotopic (exact) mass is 363 g/mol. The van der Waals surface area contributed by atoms with Crippen LogP contribution in [0.2, 0.25) is 0 Å². The van der Waals surface area contributed by atoms with Crippen molar-refractivity contribution in [2.24, 2.45) is 0 Å². The minimum Gasteiger partial charge on any atom is -0.343 e. The molecule has 26 heavy (non-hydrogen) atoms. The Morgan fingerprint density at radius 1 is 0.692 bits per heavy atom. The minimum atomic E-state index is 0.407. The van der Waals surface area contributed by atoms with Crippen molar-refractivity contribution in [3.63, 3.8) is 0 Å². The summed E-state index contributed by atoms with van der Waals surface area (Å²) in [6, 6.07) is 0. The van der Waals surface area contributed by atoms with Gasteiger partial charge in [-0.3, -0.25) is 4.79 Å². The molecule has 0 bridgehead atoms. The summed E-state index contributed by atoms with van der Waals surface area (Å²) in [6.45, 7) is 4.28. The summed E-state index contributed by atoms with van der Waals surface area (Å²) in [7, 11) is 0. The maximum absolute atomic E-state index is 12.2. The van der Waals surface area contributed by atoms with Crippen molar-refractivity contribution in [1.82, 2.24) is 4.90 Å². The molecule has 0 radical (unpaired) electrons. The van der Waals surface area contributed by atoms with Crippen LogP contribution in [0.4, 0.5) is 0 Å². The van der Waals surface area contributed by atoms with Gasteiger partial charge in [-0.25, -0.2) is 0 Å². The van der Waals surface area contributed by atoms with Crippen LogP contribution in [-0.4, -0.2) is 23.9 Å². The molecule has 2 nitrogen and oxygen atoms in total. The quantitative estimate of drug-likeness (QED) is 0.219. The highest BCUT2D eigenvalue weighted by molar-refractivity contribution is 5.76. The lowest BCUT2D eigenvalue weighted by Crippen LogP contribution is -2.31. The van der Waals surface area contributed by atoms with Gasteiger partial charge in [0, 0.05) is 19.5 Å². The van der Waals surface area contributed by atoms with Crippen molar-refractivity contribution < 1.29 is 4.79 Å². The first kappa shape index (κ1) is 23.2. The summed E-state index contributed by atoms with van der Waals surface area (Å²) in [6.07, 6.45) is 27.7. The van der Waals surface area contributed by atoms with E-state index < -0.39 is 0 Å². The molecule has 1 rings (SSSR count). The van der Waals surface area contributed by atoms with Crippen molar-refractivity contribution in [2.75, 3.05) is 13.1 Å². The fraction of sp³-hybridized carbons (Fsp3) is 0.875. The standard InChI is InChI=1S/C24H45NO/c1-2-3-4-5-6-7-8-9-10-11-12-13-14-15-18-21-24(26)25-22-19-16-17-20-23-25/h9-10H,2-8,11-23H2,1H3/b10-9-. The minimum absolute atomic E-state index is 0.407. The average Bonchev–Trinajstić information content (AvgIpc) is 2.94. The van der Waals surface area contributed by atoms with Crippen molar-refractivity contribution in [2.45, 2.75) is 122 Å². The second-order valence-corrected chi connectivity index (χ2v) is 8.13. The molecule has 0 aromatic carbocycles. The van der Waals surface area contributed by atoms with E-state index in [2.05, 4.69) is 24.0 Å². The Labute approximate surface area is 163 Å². The van der Waals surface area contributed by atoms with Crippen LogP contribution in [-0.2, 0) is 4.79 Å². The molecule has 152 valence electrons. The van der Waals surface area contributed by atoms with E-state index in [9.17, 15) is 4.79 Å². The highest BCUT2D eigenvalue weighted by atomic mass is 16.2. The first-order chi connectivity index (χ1) is 12.8. The molecule has 1 saturated heterocycles. The molecule has 1 fully saturated rings. The van der Waals surface area contributed by atoms with E-state index in [0.717, 1.165) is 25.9 Å². The van der Waals surface area contributed by atoms with E-state index >= 15 is 0 Å². The summed E-state index contributed by atoms with van der Waals surface area (Å²) in [5.41, 5.74) is 0. The van der Waals surface area contributed by atoms with Gasteiger partial charge < -0.3 is 4.90 Å². The average molecular weight is 364 g/mol. The third-order valence-electron chi connectivity index (χ3n) is 5.61. The van der Waals surface area contributed by atoms with Crippen molar-refractivity contribution >= 4 is 5.91 Å². The molecule has 0 aromatic heterocycles. The number of allylic oxidation sites excluding steroid dienone is 2. The Morgan fingerprint density at radius 2 is 1.19 bits per heavy atom. The molecule has 0 N–H and O–H groups in total. The van der Waals surface area contributed by atoms with Crippen LogP contribution in [0.1, 0.15) is 122 Å². The summed E-state index contributed by atoms with van der Waals surface area (Å²) in [5.74, 6) is 0.407. The Balaban J connectivity index is 1.82. The second kappa shape index (κ2) is 17.6. The number of hydrogen-bond acceptors (Lipinski definition) is 1. The first-order valence-corrected chi connectivity index (χ1v) is 11.8. The number of rotatable bonds is 15. The van der Waals surface area contributed by atoms with E-state index in [-0.39, 0.29) is 0 Å². The predicted molar refractivity (Wildman–Crippen MR) is 115 cm³/mol. The van der Waals surface area contributed by atoms with Crippen LogP contribution in [0.5, 0.6) is 0 Å². The third kappa shape index (κ3) is 13.4. The van der Waals surface area contributed by atoms with Crippen LogP contribution in [0.15, 0.2) is 12.2 Å². The van der Waals surface area contributed by atoms with Crippen molar-refractivity contribution in [1.29, 1.82) is 0 Å². The third-order valence-corrected chi connectivity index (χ3v) is 5.61. The highest BCUT2D eigenvalue weighted by Crippen LogP contribution is 2.13. The molecule has 1 amide bonds. The number of unbranched alkanes of at least 4 members (excludes halogenated alkanes) is 11. The van der Waals surface area contributed by atoms with Gasteiger partial charge in [0.2, 0.25) is 5.91 Å². The van der Waals surface area contributed by atoms with Crippen molar-refractivity contribution in [3.8, 4) is 0 Å². The summed E-state index contributed by atoms with van der Waals surface area (Å²) < 4.78 is 0. The Morgan fingerprint density at radius 3 is 1.77 bits per heavy atom. The van der Waals surface area contributed by atoms with Crippen LogP contribution in [0.25, 0.3) is 0 Å². The van der Waals surface area contributed by atoms with Gasteiger partial charge >= 0.3 is 0 Å². The molecule has 0 saturated carbocycles. The summed E-state index contributed by atoms with van der Waals surface area (Å²) >= 11 is 0. The van der Waals surface area contributed by atoms with Gasteiger partial charge in [-0.2, -0.15) is 0 Å². The Kier molecular flexibility index (Phi) is 15.8. The van der Waals surface area contributed by atoms with Gasteiger partial charge in [0.05, 0.1) is 0 Å². The lowest BCUT2D eigenvalue weighted by molar-refractivity contribution is -0.131. The van der Waals surface area contributed by atoms with Crippen LogP contribution in [0.3, 0.4) is 0 Å². The fourth-order valence-corrected chi connectivity index (χ4v) is 3.83. The van der Waals surface area contributed by atoms with Crippen LogP contribution < -0.4 is 0 Å². The Hall–Kier alpha value is -0.790. The number of amides is 1.